The summed E-state index contributed by atoms with van der Waals surface area (Å²) in [6, 6.07) is 11.9. The molecule has 7 heteroatoms. The molecule has 0 radical (unpaired) electrons. The largest absolute Gasteiger partial charge is 0.508 e. The van der Waals surface area contributed by atoms with Gasteiger partial charge in [0.2, 0.25) is 0 Å². The van der Waals surface area contributed by atoms with E-state index in [1.807, 2.05) is 6.07 Å². The third kappa shape index (κ3) is 3.59. The number of Topliss-reactive ketones (excluding diaryl/α,β-unsaturated/α-hetero) is 1. The molecule has 0 saturated heterocycles. The van der Waals surface area contributed by atoms with Gasteiger partial charge in [-0.05, 0) is 55.8 Å². The van der Waals surface area contributed by atoms with Gasteiger partial charge in [-0.3, -0.25) is 4.79 Å². The van der Waals surface area contributed by atoms with Gasteiger partial charge < -0.3 is 19.0 Å². The van der Waals surface area contributed by atoms with Crippen LogP contribution in [0, 0.1) is 0 Å². The minimum absolute atomic E-state index is 0.00408. The highest BCUT2D eigenvalue weighted by molar-refractivity contribution is 6.40. The molecule has 1 aliphatic rings. The molecule has 2 aromatic carbocycles. The molecule has 2 heterocycles. The number of benzene rings is 2. The van der Waals surface area contributed by atoms with Crippen molar-refractivity contribution in [3.05, 3.63) is 70.1 Å². The molecule has 0 fully saturated rings. The Labute approximate surface area is 165 Å². The standard InChI is InChI=1S/C22H18O7/c1-22(2,29-21(26)20(25)12-3-6-15(23)7-4-12)18-10-14-9-13-5-8-19(24)28-16(13)11-17(14)27-18/h3-9,11,18,23H,10H2,1-2H3. The molecule has 1 N–H and O–H groups in total. The first-order chi connectivity index (χ1) is 13.7. The molecule has 1 aromatic heterocycles. The number of carbonyl (C=O) groups excluding carboxylic acids is 2. The Morgan fingerprint density at radius 2 is 1.83 bits per heavy atom. The molecule has 0 amide bonds. The average Bonchev–Trinajstić information content (AvgIpc) is 3.09. The zero-order valence-corrected chi connectivity index (χ0v) is 15.8. The second kappa shape index (κ2) is 6.77. The van der Waals surface area contributed by atoms with Crippen LogP contribution in [0.4, 0.5) is 0 Å². The lowest BCUT2D eigenvalue weighted by Gasteiger charge is -2.30. The summed E-state index contributed by atoms with van der Waals surface area (Å²) in [5, 5.41) is 10.1. The molecule has 1 aliphatic heterocycles. The number of phenolic OH excluding ortho intramolecular Hbond substituents is 1. The van der Waals surface area contributed by atoms with Crippen molar-refractivity contribution in [3.8, 4) is 11.5 Å². The second-order valence-corrected chi connectivity index (χ2v) is 7.43. The number of carbonyl (C=O) groups is 2. The van der Waals surface area contributed by atoms with Gasteiger partial charge in [-0.15, -0.1) is 0 Å². The molecule has 7 nitrogen and oxygen atoms in total. The van der Waals surface area contributed by atoms with E-state index in [0.717, 1.165) is 10.9 Å². The van der Waals surface area contributed by atoms with Gasteiger partial charge in [-0.2, -0.15) is 0 Å². The minimum Gasteiger partial charge on any atom is -0.508 e. The Kier molecular flexibility index (Phi) is 4.38. The summed E-state index contributed by atoms with van der Waals surface area (Å²) in [5.74, 6) is -1.26. The summed E-state index contributed by atoms with van der Waals surface area (Å²) >= 11 is 0. The third-order valence-electron chi connectivity index (χ3n) is 4.92. The molecule has 148 valence electrons. The van der Waals surface area contributed by atoms with Crippen molar-refractivity contribution >= 4 is 22.7 Å². The van der Waals surface area contributed by atoms with Crippen LogP contribution in [0.5, 0.6) is 11.5 Å². The molecule has 1 atom stereocenters. The van der Waals surface area contributed by atoms with Gasteiger partial charge in [0, 0.05) is 29.5 Å². The second-order valence-electron chi connectivity index (χ2n) is 7.43. The first-order valence-corrected chi connectivity index (χ1v) is 9.03. The summed E-state index contributed by atoms with van der Waals surface area (Å²) in [4.78, 5) is 36.1. The summed E-state index contributed by atoms with van der Waals surface area (Å²) < 4.78 is 16.6. The van der Waals surface area contributed by atoms with Crippen molar-refractivity contribution in [3.63, 3.8) is 0 Å². The van der Waals surface area contributed by atoms with Crippen LogP contribution >= 0.6 is 0 Å². The van der Waals surface area contributed by atoms with E-state index in [9.17, 15) is 19.5 Å². The van der Waals surface area contributed by atoms with Crippen molar-refractivity contribution in [2.45, 2.75) is 32.0 Å². The highest BCUT2D eigenvalue weighted by Gasteiger charge is 2.41. The molecule has 0 spiro atoms. The highest BCUT2D eigenvalue weighted by atomic mass is 16.6. The molecule has 0 aliphatic carbocycles. The molecule has 0 saturated carbocycles. The molecule has 4 rings (SSSR count). The van der Waals surface area contributed by atoms with Crippen LogP contribution in [0.3, 0.4) is 0 Å². The quantitative estimate of drug-likeness (QED) is 0.314. The Morgan fingerprint density at radius 1 is 1.10 bits per heavy atom. The summed E-state index contributed by atoms with van der Waals surface area (Å²) in [6.07, 6.45) is -0.0458. The Bertz CT molecular complexity index is 1170. The number of aromatic hydroxyl groups is 1. The van der Waals surface area contributed by atoms with Gasteiger partial charge in [-0.1, -0.05) is 0 Å². The topological polar surface area (TPSA) is 103 Å². The Balaban J connectivity index is 1.52. The van der Waals surface area contributed by atoms with Crippen LogP contribution < -0.4 is 10.4 Å². The van der Waals surface area contributed by atoms with Gasteiger partial charge in [-0.25, -0.2) is 9.59 Å². The van der Waals surface area contributed by atoms with E-state index in [0.29, 0.717) is 17.8 Å². The van der Waals surface area contributed by atoms with Crippen LogP contribution in [0.2, 0.25) is 0 Å². The van der Waals surface area contributed by atoms with Crippen molar-refractivity contribution in [2.24, 2.45) is 0 Å². The van der Waals surface area contributed by atoms with Gasteiger partial charge in [0.05, 0.1) is 0 Å². The number of fused-ring (bicyclic) bond motifs is 2. The van der Waals surface area contributed by atoms with E-state index in [-0.39, 0.29) is 11.3 Å². The number of hydrogen-bond acceptors (Lipinski definition) is 7. The van der Waals surface area contributed by atoms with Crippen LogP contribution in [0.25, 0.3) is 11.0 Å². The number of ketones is 1. The predicted molar refractivity (Wildman–Crippen MR) is 103 cm³/mol. The van der Waals surface area contributed by atoms with Gasteiger partial charge in [0.25, 0.3) is 5.78 Å². The van der Waals surface area contributed by atoms with E-state index >= 15 is 0 Å². The zero-order chi connectivity index (χ0) is 20.8. The molecule has 3 aromatic rings. The van der Waals surface area contributed by atoms with Crippen LogP contribution in [-0.2, 0) is 16.0 Å². The lowest BCUT2D eigenvalue weighted by atomic mass is 9.96. The van der Waals surface area contributed by atoms with Crippen LogP contribution in [0.15, 0.2) is 57.7 Å². The monoisotopic (exact) mass is 394 g/mol. The fourth-order valence-electron chi connectivity index (χ4n) is 3.28. The number of esters is 1. The van der Waals surface area contributed by atoms with Crippen molar-refractivity contribution in [1.29, 1.82) is 0 Å². The molecule has 29 heavy (non-hydrogen) atoms. The fraction of sp³-hybridized carbons (Fsp3) is 0.227. The summed E-state index contributed by atoms with van der Waals surface area (Å²) in [6.45, 7) is 3.34. The number of rotatable bonds is 4. The summed E-state index contributed by atoms with van der Waals surface area (Å²) in [7, 11) is 0. The Hall–Kier alpha value is -3.61. The van der Waals surface area contributed by atoms with Gasteiger partial charge >= 0.3 is 11.6 Å². The third-order valence-corrected chi connectivity index (χ3v) is 4.92. The first kappa shape index (κ1) is 18.7. The average molecular weight is 394 g/mol. The molecule has 1 unspecified atom stereocenters. The van der Waals surface area contributed by atoms with E-state index in [1.54, 1.807) is 26.0 Å². The van der Waals surface area contributed by atoms with E-state index in [1.165, 1.54) is 30.3 Å². The summed E-state index contributed by atoms with van der Waals surface area (Å²) in [5.41, 5.74) is -0.107. The highest BCUT2D eigenvalue weighted by Crippen LogP contribution is 2.37. The first-order valence-electron chi connectivity index (χ1n) is 9.03. The number of ether oxygens (including phenoxy) is 2. The lowest BCUT2D eigenvalue weighted by Crippen LogP contribution is -2.45. The maximum absolute atomic E-state index is 12.4. The number of hydrogen-bond donors (Lipinski definition) is 1. The smallest absolute Gasteiger partial charge is 0.380 e. The lowest BCUT2D eigenvalue weighted by molar-refractivity contribution is -0.158. The maximum atomic E-state index is 12.4. The van der Waals surface area contributed by atoms with E-state index < -0.39 is 29.1 Å². The van der Waals surface area contributed by atoms with Crippen LogP contribution in [0.1, 0.15) is 29.8 Å². The predicted octanol–water partition coefficient (Wildman–Crippen LogP) is 3.01. The number of phenols is 1. The zero-order valence-electron chi connectivity index (χ0n) is 15.8. The SMILES string of the molecule is CC(C)(OC(=O)C(=O)c1ccc(O)cc1)C1Cc2cc3ccc(=O)oc3cc2O1. The Morgan fingerprint density at radius 3 is 2.55 bits per heavy atom. The van der Waals surface area contributed by atoms with Crippen molar-refractivity contribution < 1.29 is 28.6 Å². The van der Waals surface area contributed by atoms with Gasteiger partial charge in [0.1, 0.15) is 28.8 Å². The molecular weight excluding hydrogens is 376 g/mol. The normalized spacial score (nSPS) is 15.6. The minimum atomic E-state index is -1.09. The molecule has 0 bridgehead atoms. The van der Waals surface area contributed by atoms with E-state index in [2.05, 4.69) is 0 Å². The van der Waals surface area contributed by atoms with Crippen LogP contribution in [-0.4, -0.2) is 28.6 Å². The van der Waals surface area contributed by atoms with Crippen molar-refractivity contribution in [2.75, 3.05) is 0 Å². The van der Waals surface area contributed by atoms with E-state index in [4.69, 9.17) is 13.9 Å². The maximum Gasteiger partial charge on any atom is 0.380 e. The fourth-order valence-corrected chi connectivity index (χ4v) is 3.28. The van der Waals surface area contributed by atoms with Gasteiger partial charge in [0.15, 0.2) is 0 Å². The van der Waals surface area contributed by atoms with Crippen molar-refractivity contribution in [1.82, 2.24) is 0 Å². The molecular formula is C22H18O7.